The fourth-order valence-corrected chi connectivity index (χ4v) is 2.76. The Kier molecular flexibility index (Phi) is 4.12. The number of aromatic nitrogens is 1. The summed E-state index contributed by atoms with van der Waals surface area (Å²) in [4.78, 5) is 14.9. The van der Waals surface area contributed by atoms with Crippen LogP contribution in [0.15, 0.2) is 36.5 Å². The summed E-state index contributed by atoms with van der Waals surface area (Å²) in [5.74, 6) is 0.537. The molecule has 0 unspecified atom stereocenters. The van der Waals surface area contributed by atoms with Gasteiger partial charge in [0.1, 0.15) is 5.75 Å². The Labute approximate surface area is 135 Å². The Morgan fingerprint density at radius 2 is 2.18 bits per heavy atom. The number of hydrogen-bond donors (Lipinski definition) is 0. The Morgan fingerprint density at radius 3 is 2.77 bits per heavy atom. The Balaban J connectivity index is 1.90. The monoisotopic (exact) mass is 318 g/mol. The van der Waals surface area contributed by atoms with Crippen LogP contribution in [-0.2, 0) is 13.6 Å². The van der Waals surface area contributed by atoms with Crippen molar-refractivity contribution in [3.8, 4) is 5.75 Å². The highest BCUT2D eigenvalue weighted by atomic mass is 35.5. The molecule has 0 saturated heterocycles. The molecule has 5 heteroatoms. The second-order valence-corrected chi connectivity index (χ2v) is 6.06. The number of hydrogen-bond acceptors (Lipinski definition) is 2. The molecule has 1 aromatic heterocycles. The van der Waals surface area contributed by atoms with Gasteiger partial charge in [0.25, 0.3) is 5.91 Å². The minimum absolute atomic E-state index is 0.0250. The first-order valence-corrected chi connectivity index (χ1v) is 7.72. The van der Waals surface area contributed by atoms with Gasteiger partial charge in [0.15, 0.2) is 0 Å². The molecule has 4 nitrogen and oxygen atoms in total. The van der Waals surface area contributed by atoms with Crippen molar-refractivity contribution in [1.82, 2.24) is 9.47 Å². The molecule has 1 amide bonds. The van der Waals surface area contributed by atoms with E-state index in [4.69, 9.17) is 16.3 Å². The molecule has 0 atom stereocenters. The quantitative estimate of drug-likeness (QED) is 0.845. The fourth-order valence-electron chi connectivity index (χ4n) is 2.59. The normalized spacial score (nSPS) is 14.0. The van der Waals surface area contributed by atoms with Crippen molar-refractivity contribution in [1.29, 1.82) is 0 Å². The van der Waals surface area contributed by atoms with Crippen molar-refractivity contribution >= 4 is 17.5 Å². The zero-order chi connectivity index (χ0) is 15.7. The first-order valence-electron chi connectivity index (χ1n) is 7.35. The molecule has 1 aliphatic rings. The van der Waals surface area contributed by atoms with Gasteiger partial charge in [-0.05, 0) is 43.2 Å². The minimum Gasteiger partial charge on any atom is -0.496 e. The van der Waals surface area contributed by atoms with Gasteiger partial charge in [0.05, 0.1) is 19.2 Å². The molecule has 0 spiro atoms. The molecule has 0 bridgehead atoms. The molecule has 0 N–H and O–H groups in total. The number of carbonyl (C=O) groups is 1. The molecule has 2 aromatic rings. The lowest BCUT2D eigenvalue weighted by atomic mass is 10.1. The maximum atomic E-state index is 13.0. The molecule has 0 aliphatic heterocycles. The highest BCUT2D eigenvalue weighted by molar-refractivity contribution is 6.31. The van der Waals surface area contributed by atoms with Crippen molar-refractivity contribution < 1.29 is 9.53 Å². The van der Waals surface area contributed by atoms with Gasteiger partial charge in [-0.3, -0.25) is 4.79 Å². The topological polar surface area (TPSA) is 34.5 Å². The summed E-state index contributed by atoms with van der Waals surface area (Å²) in [7, 11) is 3.56. The highest BCUT2D eigenvalue weighted by Crippen LogP contribution is 2.32. The molecular formula is C17H19ClN2O2. The van der Waals surface area contributed by atoms with Crippen LogP contribution in [0.5, 0.6) is 5.75 Å². The lowest BCUT2D eigenvalue weighted by Crippen LogP contribution is -2.33. The van der Waals surface area contributed by atoms with Gasteiger partial charge in [0, 0.05) is 30.0 Å². The summed E-state index contributed by atoms with van der Waals surface area (Å²) in [5.41, 5.74) is 1.64. The summed E-state index contributed by atoms with van der Waals surface area (Å²) in [6, 6.07) is 9.50. The molecular weight excluding hydrogens is 300 g/mol. The van der Waals surface area contributed by atoms with Gasteiger partial charge < -0.3 is 14.2 Å². The van der Waals surface area contributed by atoms with Gasteiger partial charge in [-0.2, -0.15) is 0 Å². The van der Waals surface area contributed by atoms with Crippen LogP contribution in [0.1, 0.15) is 28.9 Å². The van der Waals surface area contributed by atoms with Gasteiger partial charge in [-0.15, -0.1) is 0 Å². The number of nitrogens with zero attached hydrogens (tertiary/aromatic N) is 2. The minimum atomic E-state index is -0.0250. The first-order chi connectivity index (χ1) is 10.6. The summed E-state index contributed by atoms with van der Waals surface area (Å²) < 4.78 is 7.36. The van der Waals surface area contributed by atoms with Crippen LogP contribution in [0.4, 0.5) is 0 Å². The van der Waals surface area contributed by atoms with E-state index in [1.54, 1.807) is 25.3 Å². The number of aryl methyl sites for hydroxylation is 1. The molecule has 22 heavy (non-hydrogen) atoms. The zero-order valence-corrected chi connectivity index (χ0v) is 13.5. The van der Waals surface area contributed by atoms with Crippen molar-refractivity contribution in [2.45, 2.75) is 25.4 Å². The Hall–Kier alpha value is -1.94. The number of methoxy groups -OCH3 is 1. The van der Waals surface area contributed by atoms with Crippen LogP contribution in [0, 0.1) is 0 Å². The number of amides is 1. The molecule has 1 heterocycles. The lowest BCUT2D eigenvalue weighted by Gasteiger charge is -2.24. The molecule has 1 saturated carbocycles. The smallest absolute Gasteiger partial charge is 0.258 e. The molecule has 1 fully saturated rings. The summed E-state index contributed by atoms with van der Waals surface area (Å²) in [6.07, 6.45) is 4.10. The lowest BCUT2D eigenvalue weighted by molar-refractivity contribution is 0.0723. The van der Waals surface area contributed by atoms with E-state index in [9.17, 15) is 4.79 Å². The summed E-state index contributed by atoms with van der Waals surface area (Å²) in [6.45, 7) is 0.600. The number of carbonyl (C=O) groups excluding carboxylic acids is 1. The van der Waals surface area contributed by atoms with Gasteiger partial charge in [-0.25, -0.2) is 0 Å². The number of rotatable bonds is 5. The van der Waals surface area contributed by atoms with Crippen LogP contribution >= 0.6 is 11.6 Å². The zero-order valence-electron chi connectivity index (χ0n) is 12.8. The van der Waals surface area contributed by atoms with Crippen LogP contribution in [0.25, 0.3) is 0 Å². The second-order valence-electron chi connectivity index (χ2n) is 5.62. The third-order valence-corrected chi connectivity index (χ3v) is 4.26. The van der Waals surface area contributed by atoms with E-state index >= 15 is 0 Å². The Bertz CT molecular complexity index is 692. The SMILES string of the molecule is COc1ccc(Cl)cc1C(=O)N(Cc1cccn1C)C1CC1. The van der Waals surface area contributed by atoms with Gasteiger partial charge in [0.2, 0.25) is 0 Å². The highest BCUT2D eigenvalue weighted by Gasteiger charge is 2.34. The average molecular weight is 319 g/mol. The van der Waals surface area contributed by atoms with E-state index in [1.165, 1.54) is 0 Å². The first kappa shape index (κ1) is 15.0. The van der Waals surface area contributed by atoms with E-state index in [0.29, 0.717) is 28.9 Å². The van der Waals surface area contributed by atoms with Crippen molar-refractivity contribution in [3.63, 3.8) is 0 Å². The molecule has 116 valence electrons. The van der Waals surface area contributed by atoms with Crippen molar-refractivity contribution in [2.24, 2.45) is 7.05 Å². The van der Waals surface area contributed by atoms with Crippen molar-refractivity contribution in [2.75, 3.05) is 7.11 Å². The Morgan fingerprint density at radius 1 is 1.41 bits per heavy atom. The average Bonchev–Trinajstić information content (AvgIpc) is 3.27. The van der Waals surface area contributed by atoms with Crippen LogP contribution in [0.2, 0.25) is 5.02 Å². The standard InChI is InChI=1S/C17H19ClN2O2/c1-19-9-3-4-14(19)11-20(13-6-7-13)17(21)15-10-12(18)5-8-16(15)22-2/h3-5,8-10,13H,6-7,11H2,1-2H3. The maximum absolute atomic E-state index is 13.0. The van der Waals surface area contributed by atoms with E-state index in [1.807, 2.05) is 34.8 Å². The largest absolute Gasteiger partial charge is 0.496 e. The molecule has 1 aromatic carbocycles. The number of halogens is 1. The van der Waals surface area contributed by atoms with Crippen LogP contribution < -0.4 is 4.74 Å². The molecule has 3 rings (SSSR count). The molecule has 1 aliphatic carbocycles. The molecule has 0 radical (unpaired) electrons. The van der Waals surface area contributed by atoms with E-state index in [2.05, 4.69) is 0 Å². The predicted octanol–water partition coefficient (Wildman–Crippen LogP) is 3.49. The van der Waals surface area contributed by atoms with Crippen molar-refractivity contribution in [3.05, 3.63) is 52.8 Å². The van der Waals surface area contributed by atoms with E-state index in [0.717, 1.165) is 18.5 Å². The third kappa shape index (κ3) is 2.97. The van der Waals surface area contributed by atoms with Gasteiger partial charge >= 0.3 is 0 Å². The predicted molar refractivity (Wildman–Crippen MR) is 86.3 cm³/mol. The van der Waals surface area contributed by atoms with Crippen LogP contribution in [0.3, 0.4) is 0 Å². The maximum Gasteiger partial charge on any atom is 0.258 e. The van der Waals surface area contributed by atoms with E-state index < -0.39 is 0 Å². The van der Waals surface area contributed by atoms with Gasteiger partial charge in [-0.1, -0.05) is 11.6 Å². The summed E-state index contributed by atoms with van der Waals surface area (Å²) >= 11 is 6.06. The third-order valence-electron chi connectivity index (χ3n) is 4.02. The van der Waals surface area contributed by atoms with E-state index in [-0.39, 0.29) is 5.91 Å². The second kappa shape index (κ2) is 6.05. The number of ether oxygens (including phenoxy) is 1. The number of benzene rings is 1. The van der Waals surface area contributed by atoms with Crippen LogP contribution in [-0.4, -0.2) is 28.5 Å². The fraction of sp³-hybridized carbons (Fsp3) is 0.353. The summed E-state index contributed by atoms with van der Waals surface area (Å²) in [5, 5.41) is 0.541.